The van der Waals surface area contributed by atoms with Crippen molar-refractivity contribution in [1.29, 1.82) is 0 Å². The molecule has 4 rings (SSSR count). The predicted octanol–water partition coefficient (Wildman–Crippen LogP) is 5.67. The summed E-state index contributed by atoms with van der Waals surface area (Å²) in [5.41, 5.74) is 0.697. The van der Waals surface area contributed by atoms with E-state index < -0.39 is 16.1 Å². The lowest BCUT2D eigenvalue weighted by Crippen LogP contribution is -2.60. The maximum Gasteiger partial charge on any atom is 0.333 e. The average Bonchev–Trinajstić information content (AvgIpc) is 3.37. The number of carbonyl (C=O) groups is 3. The molecule has 2 saturated carbocycles. The van der Waals surface area contributed by atoms with Gasteiger partial charge < -0.3 is 14.2 Å². The van der Waals surface area contributed by atoms with E-state index in [1.54, 1.807) is 13.8 Å². The Balaban J connectivity index is 0.000000197. The van der Waals surface area contributed by atoms with Crippen molar-refractivity contribution in [2.75, 3.05) is 0 Å². The van der Waals surface area contributed by atoms with Crippen molar-refractivity contribution < 1.29 is 28.6 Å². The maximum atomic E-state index is 12.0. The topological polar surface area (TPSA) is 78.9 Å². The molecule has 196 valence electrons. The fourth-order valence-electron chi connectivity index (χ4n) is 7.05. The summed E-state index contributed by atoms with van der Waals surface area (Å²) in [5.74, 6) is -0.0422. The molecule has 2 aliphatic heterocycles. The molecule has 5 atom stereocenters. The van der Waals surface area contributed by atoms with E-state index in [9.17, 15) is 14.4 Å². The van der Waals surface area contributed by atoms with E-state index in [2.05, 4.69) is 53.2 Å². The van der Waals surface area contributed by atoms with Crippen LogP contribution in [0.4, 0.5) is 0 Å². The van der Waals surface area contributed by atoms with Gasteiger partial charge in [-0.25, -0.2) is 9.59 Å². The Labute approximate surface area is 212 Å². The van der Waals surface area contributed by atoms with Crippen LogP contribution in [0.5, 0.6) is 0 Å². The van der Waals surface area contributed by atoms with Crippen LogP contribution >= 0.6 is 0 Å². The standard InChI is InChI=1S/C15H30O2Si2.C12H14O4/c1-9-15(17-14(16)12(2)3)10-18(5,6)13(4)19(7,8)11-15;1-5(2)11(13)15-9-6-3-7-8(4-6)12(14)16-10(7)9/h13H,2,9-11H2,1,3-8H3;6-10H,1,3-4H2,2H3. The first kappa shape index (κ1) is 27.9. The summed E-state index contributed by atoms with van der Waals surface area (Å²) in [4.78, 5) is 34.9. The Hall–Kier alpha value is -1.68. The van der Waals surface area contributed by atoms with Gasteiger partial charge in [0.25, 0.3) is 0 Å². The lowest BCUT2D eigenvalue weighted by molar-refractivity contribution is -0.158. The molecule has 2 aliphatic carbocycles. The van der Waals surface area contributed by atoms with E-state index >= 15 is 0 Å². The fraction of sp³-hybridized carbons (Fsp3) is 0.741. The van der Waals surface area contributed by atoms with Crippen LogP contribution in [0, 0.1) is 17.8 Å². The summed E-state index contributed by atoms with van der Waals surface area (Å²) < 4.78 is 16.6. The molecule has 0 aromatic rings. The lowest BCUT2D eigenvalue weighted by atomic mass is 9.88. The molecular weight excluding hydrogens is 476 g/mol. The summed E-state index contributed by atoms with van der Waals surface area (Å²) in [6, 6.07) is 2.21. The van der Waals surface area contributed by atoms with Gasteiger partial charge in [0.2, 0.25) is 0 Å². The normalized spacial score (nSPS) is 37.5. The molecule has 5 unspecified atom stereocenters. The predicted molar refractivity (Wildman–Crippen MR) is 142 cm³/mol. The Morgan fingerprint density at radius 3 is 2.06 bits per heavy atom. The molecular formula is C27H44O6Si2. The first-order chi connectivity index (χ1) is 16.0. The minimum absolute atomic E-state index is 0.0646. The van der Waals surface area contributed by atoms with Crippen LogP contribution in [0.2, 0.25) is 43.4 Å². The highest BCUT2D eigenvalue weighted by molar-refractivity contribution is 6.98. The van der Waals surface area contributed by atoms with Crippen LogP contribution in [-0.4, -0.2) is 51.9 Å². The van der Waals surface area contributed by atoms with E-state index in [1.807, 2.05) is 0 Å². The van der Waals surface area contributed by atoms with Gasteiger partial charge in [0.15, 0.2) is 0 Å². The molecule has 4 aliphatic rings. The van der Waals surface area contributed by atoms with Gasteiger partial charge in [-0.1, -0.05) is 58.4 Å². The summed E-state index contributed by atoms with van der Waals surface area (Å²) >= 11 is 0. The Kier molecular flexibility index (Phi) is 7.69. The highest BCUT2D eigenvalue weighted by Crippen LogP contribution is 2.55. The molecule has 2 bridgehead atoms. The molecule has 6 nitrogen and oxygen atoms in total. The van der Waals surface area contributed by atoms with Gasteiger partial charge >= 0.3 is 17.9 Å². The van der Waals surface area contributed by atoms with Gasteiger partial charge in [0.05, 0.1) is 22.1 Å². The molecule has 2 heterocycles. The molecule has 0 radical (unpaired) electrons. The van der Waals surface area contributed by atoms with Crippen molar-refractivity contribution in [3.05, 3.63) is 24.3 Å². The van der Waals surface area contributed by atoms with Crippen molar-refractivity contribution in [2.45, 2.75) is 108 Å². The summed E-state index contributed by atoms with van der Waals surface area (Å²) in [5, 5.41) is 0.878. The summed E-state index contributed by atoms with van der Waals surface area (Å²) in [6.07, 6.45) is 2.27. The minimum atomic E-state index is -1.33. The van der Waals surface area contributed by atoms with E-state index in [4.69, 9.17) is 14.2 Å². The molecule has 0 amide bonds. The fourth-order valence-corrected chi connectivity index (χ4v) is 21.2. The van der Waals surface area contributed by atoms with E-state index in [-0.39, 0.29) is 47.6 Å². The molecule has 0 spiro atoms. The highest BCUT2D eigenvalue weighted by Gasteiger charge is 2.63. The zero-order valence-electron chi connectivity index (χ0n) is 22.9. The van der Waals surface area contributed by atoms with Gasteiger partial charge in [-0.05, 0) is 45.2 Å². The number of carbonyl (C=O) groups excluding carboxylic acids is 3. The maximum absolute atomic E-state index is 12.0. The Bertz CT molecular complexity index is 905. The van der Waals surface area contributed by atoms with Crippen molar-refractivity contribution in [3.8, 4) is 0 Å². The molecule has 0 aromatic carbocycles. The first-order valence-corrected chi connectivity index (χ1v) is 19.6. The molecule has 35 heavy (non-hydrogen) atoms. The van der Waals surface area contributed by atoms with Crippen LogP contribution in [0.15, 0.2) is 24.3 Å². The smallest absolute Gasteiger partial charge is 0.333 e. The zero-order chi connectivity index (χ0) is 26.5. The second kappa shape index (κ2) is 9.65. The highest BCUT2D eigenvalue weighted by atomic mass is 28.4. The molecule has 2 saturated heterocycles. The SMILES string of the molecule is C=C(C)C(=O)OC1(CC)C[Si](C)(C)C(C)[Si](C)(C)C1.C=C(C)C(=O)OC1C2CC3C(=O)OC1C3C2. The van der Waals surface area contributed by atoms with Crippen molar-refractivity contribution in [1.82, 2.24) is 0 Å². The van der Waals surface area contributed by atoms with Gasteiger partial charge in [-0.15, -0.1) is 0 Å². The van der Waals surface area contributed by atoms with Gasteiger partial charge in [-0.2, -0.15) is 0 Å². The minimum Gasteiger partial charge on any atom is -0.458 e. The number of rotatable bonds is 5. The van der Waals surface area contributed by atoms with Crippen molar-refractivity contribution in [2.24, 2.45) is 17.8 Å². The Morgan fingerprint density at radius 2 is 1.57 bits per heavy atom. The average molecular weight is 521 g/mol. The largest absolute Gasteiger partial charge is 0.458 e. The van der Waals surface area contributed by atoms with Gasteiger partial charge in [-0.3, -0.25) is 4.79 Å². The molecule has 4 fully saturated rings. The van der Waals surface area contributed by atoms with Gasteiger partial charge in [0.1, 0.15) is 17.8 Å². The number of fused-ring (bicyclic) bond motifs is 1. The second-order valence-corrected chi connectivity index (χ2v) is 23.8. The quantitative estimate of drug-likeness (QED) is 0.201. The second-order valence-electron chi connectivity index (χ2n) is 12.8. The van der Waals surface area contributed by atoms with Crippen LogP contribution in [0.3, 0.4) is 0 Å². The van der Waals surface area contributed by atoms with Crippen LogP contribution in [-0.2, 0) is 28.6 Å². The summed E-state index contributed by atoms with van der Waals surface area (Å²) in [6.45, 7) is 25.1. The first-order valence-electron chi connectivity index (χ1n) is 13.0. The third-order valence-corrected chi connectivity index (χ3v) is 21.7. The molecule has 0 N–H and O–H groups in total. The van der Waals surface area contributed by atoms with E-state index in [1.165, 1.54) is 0 Å². The monoisotopic (exact) mass is 520 g/mol. The summed E-state index contributed by atoms with van der Waals surface area (Å²) in [7, 11) is -2.66. The van der Waals surface area contributed by atoms with Crippen LogP contribution in [0.1, 0.15) is 47.0 Å². The van der Waals surface area contributed by atoms with Gasteiger partial charge in [0, 0.05) is 23.0 Å². The number of ether oxygens (including phenoxy) is 3. The Morgan fingerprint density at radius 1 is 1.03 bits per heavy atom. The number of esters is 3. The van der Waals surface area contributed by atoms with Crippen LogP contribution < -0.4 is 0 Å². The van der Waals surface area contributed by atoms with E-state index in [0.717, 1.165) is 36.5 Å². The lowest BCUT2D eigenvalue weighted by Gasteiger charge is -2.53. The zero-order valence-corrected chi connectivity index (χ0v) is 24.9. The number of hydrogen-bond acceptors (Lipinski definition) is 6. The van der Waals surface area contributed by atoms with Crippen molar-refractivity contribution >= 4 is 34.1 Å². The molecule has 8 heteroatoms. The van der Waals surface area contributed by atoms with Crippen LogP contribution in [0.25, 0.3) is 0 Å². The molecule has 0 aromatic heterocycles. The third kappa shape index (κ3) is 5.38. The van der Waals surface area contributed by atoms with E-state index in [0.29, 0.717) is 17.1 Å². The number of hydrogen-bond donors (Lipinski definition) is 0. The van der Waals surface area contributed by atoms with Crippen molar-refractivity contribution in [3.63, 3.8) is 0 Å². The third-order valence-electron chi connectivity index (χ3n) is 9.21.